The second-order valence-corrected chi connectivity index (χ2v) is 3.91. The van der Waals surface area contributed by atoms with E-state index in [0.717, 1.165) is 3.57 Å². The molecule has 0 saturated heterocycles. The zero-order valence-corrected chi connectivity index (χ0v) is 8.35. The van der Waals surface area contributed by atoms with Crippen LogP contribution in [-0.4, -0.2) is 11.6 Å². The van der Waals surface area contributed by atoms with Crippen molar-refractivity contribution in [2.24, 2.45) is 0 Å². The highest BCUT2D eigenvalue weighted by Crippen LogP contribution is 2.20. The Morgan fingerprint density at radius 2 is 2.27 bits per heavy atom. The van der Waals surface area contributed by atoms with Crippen molar-refractivity contribution in [1.82, 2.24) is 0 Å². The lowest BCUT2D eigenvalue weighted by Gasteiger charge is -2.02. The van der Waals surface area contributed by atoms with Crippen molar-refractivity contribution in [2.75, 3.05) is 12.4 Å². The lowest BCUT2D eigenvalue weighted by Crippen LogP contribution is -1.93. The van der Waals surface area contributed by atoms with E-state index in [0.29, 0.717) is 5.69 Å². The van der Waals surface area contributed by atoms with Crippen molar-refractivity contribution in [3.8, 4) is 0 Å². The van der Waals surface area contributed by atoms with Crippen LogP contribution in [0.2, 0.25) is 0 Å². The molecule has 3 heteroatoms. The van der Waals surface area contributed by atoms with Gasteiger partial charge in [0.15, 0.2) is 5.82 Å². The maximum absolute atomic E-state index is 13.2. The maximum Gasteiger partial charge on any atom is 0.159 e. The number of benzene rings is 1. The fourth-order valence-electron chi connectivity index (χ4n) is 0.800. The summed E-state index contributed by atoms with van der Waals surface area (Å²) in [7, 11) is 1.71. The monoisotopic (exact) mass is 265 g/mol. The van der Waals surface area contributed by atoms with E-state index in [-0.39, 0.29) is 5.82 Å². The molecule has 0 aromatic heterocycles. The third-order valence-corrected chi connectivity index (χ3v) is 3.02. The molecule has 1 nitrogen and oxygen atoms in total. The summed E-state index contributed by atoms with van der Waals surface area (Å²) in [6, 6.07) is 5.35. The van der Waals surface area contributed by atoms with Crippen molar-refractivity contribution in [1.29, 1.82) is 0 Å². The van der Waals surface area contributed by atoms with E-state index in [1.165, 1.54) is 0 Å². The molecule has 1 rings (SSSR count). The highest BCUT2D eigenvalue weighted by Gasteiger charge is 2.02. The van der Waals surface area contributed by atoms with Crippen LogP contribution in [0.3, 0.4) is 0 Å². The first-order chi connectivity index (χ1) is 5.29. The van der Waals surface area contributed by atoms with E-state index in [2.05, 4.69) is 9.83 Å². The molecule has 0 spiro atoms. The average molecular weight is 265 g/mol. The van der Waals surface area contributed by atoms with Crippen LogP contribution in [0.5, 0.6) is 0 Å². The zero-order chi connectivity index (χ0) is 8.27. The summed E-state index contributed by atoms with van der Waals surface area (Å²) in [4.78, 5) is 0. The van der Waals surface area contributed by atoms with Crippen LogP contribution < -0.4 is 5.32 Å². The van der Waals surface area contributed by atoms with E-state index in [1.807, 2.05) is 6.07 Å². The smallest absolute Gasteiger partial charge is 0.159 e. The zero-order valence-electron chi connectivity index (χ0n) is 6.20. The molecule has 1 aromatic rings. The Kier molecular flexibility index (Phi) is 2.99. The average Bonchev–Trinajstić information content (AvgIpc) is 2.05. The molecule has 1 aromatic carbocycles. The van der Waals surface area contributed by atoms with Crippen molar-refractivity contribution < 1.29 is 4.39 Å². The summed E-state index contributed by atoms with van der Waals surface area (Å²) >= 11 is -0.400. The van der Waals surface area contributed by atoms with Crippen LogP contribution in [0.4, 0.5) is 10.1 Å². The highest BCUT2D eigenvalue weighted by atomic mass is 127. The van der Waals surface area contributed by atoms with Gasteiger partial charge in [-0.1, -0.05) is 31.3 Å². The Morgan fingerprint density at radius 1 is 1.55 bits per heavy atom. The first kappa shape index (κ1) is 8.64. The van der Waals surface area contributed by atoms with Crippen molar-refractivity contribution in [3.05, 3.63) is 27.6 Å². The van der Waals surface area contributed by atoms with Crippen molar-refractivity contribution >= 4 is 30.9 Å². The lowest BCUT2D eigenvalue weighted by molar-refractivity contribution is 0.624. The van der Waals surface area contributed by atoms with Crippen LogP contribution >= 0.6 is 20.7 Å². The predicted molar refractivity (Wildman–Crippen MR) is 55.8 cm³/mol. The van der Waals surface area contributed by atoms with Crippen LogP contribution in [0.15, 0.2) is 18.2 Å². The molecule has 0 fully saturated rings. The van der Waals surface area contributed by atoms with Crippen molar-refractivity contribution in [2.45, 2.75) is 0 Å². The number of halogens is 2. The van der Waals surface area contributed by atoms with E-state index in [1.54, 1.807) is 19.2 Å². The summed E-state index contributed by atoms with van der Waals surface area (Å²) in [5.41, 5.74) is 0.561. The minimum Gasteiger partial charge on any atom is -0.386 e. The predicted octanol–water partition coefficient (Wildman–Crippen LogP) is 2.44. The summed E-state index contributed by atoms with van der Waals surface area (Å²) in [5.74, 6) is -0.141. The molecule has 0 radical (unpaired) electrons. The Labute approximate surface area is 75.4 Å². The third-order valence-electron chi connectivity index (χ3n) is 1.36. The molecule has 0 heterocycles. The lowest BCUT2D eigenvalue weighted by atomic mass is 10.3. The van der Waals surface area contributed by atoms with Gasteiger partial charge in [-0.15, -0.1) is 0 Å². The van der Waals surface area contributed by atoms with Gasteiger partial charge in [-0.25, -0.2) is 4.39 Å². The van der Waals surface area contributed by atoms with Crippen LogP contribution in [0.25, 0.3) is 0 Å². The molecule has 0 unspecified atom stereocenters. The van der Waals surface area contributed by atoms with E-state index < -0.39 is 20.7 Å². The summed E-state index contributed by atoms with van der Waals surface area (Å²) in [6.07, 6.45) is 0. The number of nitrogens with one attached hydrogen (secondary N) is 1. The first-order valence-corrected chi connectivity index (χ1v) is 5.74. The van der Waals surface area contributed by atoms with Crippen LogP contribution in [-0.2, 0) is 0 Å². The topological polar surface area (TPSA) is 12.0 Å². The molecule has 1 N–H and O–H groups in total. The molecule has 0 bridgehead atoms. The normalized spacial score (nSPS) is 9.64. The largest absolute Gasteiger partial charge is 0.386 e. The second kappa shape index (κ2) is 3.80. The fourth-order valence-corrected chi connectivity index (χ4v) is 1.89. The second-order valence-electron chi connectivity index (χ2n) is 1.99. The van der Waals surface area contributed by atoms with Gasteiger partial charge in [0.2, 0.25) is 0 Å². The number of anilines is 1. The number of rotatable bonds is 2. The number of hydrogen-bond donors (Lipinski definition) is 1. The van der Waals surface area contributed by atoms with Gasteiger partial charge < -0.3 is 5.32 Å². The molecular formula is C8H9FIN. The van der Waals surface area contributed by atoms with E-state index >= 15 is 0 Å². The van der Waals surface area contributed by atoms with E-state index in [4.69, 9.17) is 0 Å². The minimum absolute atomic E-state index is 0.141. The minimum atomic E-state index is -0.400. The Hall–Kier alpha value is -0.450. The standard InChI is InChI=1S/C8H9FIN/c1-10-6-4-3-5-7(11-2)8(6)9/h3-5,11H,1H2,2H3. The fraction of sp³-hybridized carbons (Fsp3) is 0.125. The van der Waals surface area contributed by atoms with Gasteiger partial charge in [-0.3, -0.25) is 0 Å². The van der Waals surface area contributed by atoms with Crippen LogP contribution in [0, 0.1) is 9.39 Å². The molecule has 60 valence electrons. The van der Waals surface area contributed by atoms with Gasteiger partial charge >= 0.3 is 0 Å². The quantitative estimate of drug-likeness (QED) is 0.810. The molecule has 0 amide bonds. The Bertz CT molecular complexity index is 273. The first-order valence-electron chi connectivity index (χ1n) is 3.14. The molecule has 0 aliphatic rings. The van der Waals surface area contributed by atoms with E-state index in [9.17, 15) is 4.39 Å². The van der Waals surface area contributed by atoms with Gasteiger partial charge in [0.25, 0.3) is 0 Å². The molecule has 0 saturated carbocycles. The SMILES string of the molecule is C=Ic1cccc(NC)c1F. The maximum atomic E-state index is 13.2. The third kappa shape index (κ3) is 1.77. The van der Waals surface area contributed by atoms with Gasteiger partial charge in [0, 0.05) is 10.6 Å². The van der Waals surface area contributed by atoms with Gasteiger partial charge in [0.1, 0.15) is 0 Å². The summed E-state index contributed by atoms with van der Waals surface area (Å²) < 4.78 is 17.7. The molecule has 0 atom stereocenters. The molecule has 0 aliphatic heterocycles. The molecular weight excluding hydrogens is 256 g/mol. The Morgan fingerprint density at radius 3 is 2.82 bits per heavy atom. The highest BCUT2D eigenvalue weighted by molar-refractivity contribution is 14.2. The van der Waals surface area contributed by atoms with Gasteiger partial charge in [-0.2, -0.15) is 0 Å². The van der Waals surface area contributed by atoms with Crippen LogP contribution in [0.1, 0.15) is 0 Å². The van der Waals surface area contributed by atoms with Gasteiger partial charge in [-0.05, 0) is 12.1 Å². The van der Waals surface area contributed by atoms with Gasteiger partial charge in [0.05, 0.1) is 5.69 Å². The Balaban J connectivity index is 3.20. The van der Waals surface area contributed by atoms with Crippen molar-refractivity contribution in [3.63, 3.8) is 0 Å². The molecule has 0 aliphatic carbocycles. The number of hydrogen-bond acceptors (Lipinski definition) is 1. The summed E-state index contributed by atoms with van der Waals surface area (Å²) in [5, 5.41) is 2.78. The summed E-state index contributed by atoms with van der Waals surface area (Å²) in [6.45, 7) is 0. The molecule has 11 heavy (non-hydrogen) atoms.